The van der Waals surface area contributed by atoms with E-state index in [0.29, 0.717) is 23.8 Å². The molecular weight excluding hydrogens is 374 g/mol. The molecule has 0 amide bonds. The normalized spacial score (nSPS) is 12.1. The maximum atomic E-state index is 12.7. The van der Waals surface area contributed by atoms with E-state index < -0.39 is 0 Å². The Morgan fingerprint density at radius 1 is 1.07 bits per heavy atom. The van der Waals surface area contributed by atoms with E-state index in [1.54, 1.807) is 26.4 Å². The van der Waals surface area contributed by atoms with Crippen LogP contribution in [0.25, 0.3) is 22.0 Å². The van der Waals surface area contributed by atoms with Crippen LogP contribution in [-0.4, -0.2) is 27.1 Å². The van der Waals surface area contributed by atoms with Crippen molar-refractivity contribution >= 4 is 16.7 Å². The van der Waals surface area contributed by atoms with Gasteiger partial charge in [0.05, 0.1) is 5.69 Å². The topological polar surface area (TPSA) is 85.8 Å². The van der Waals surface area contributed by atoms with Crippen LogP contribution in [-0.2, 0) is 13.5 Å². The molecule has 2 aromatic heterocycles. The summed E-state index contributed by atoms with van der Waals surface area (Å²) in [5.41, 5.74) is 9.61. The van der Waals surface area contributed by atoms with Crippen LogP contribution in [0, 0.1) is 6.92 Å². The Labute approximate surface area is 175 Å². The molecule has 0 saturated carbocycles. The summed E-state index contributed by atoms with van der Waals surface area (Å²) in [7, 11) is 1.72. The number of rotatable bonds is 6. The molecule has 30 heavy (non-hydrogen) atoms. The summed E-state index contributed by atoms with van der Waals surface area (Å²) in [5.74, 6) is 0.506. The molecule has 6 nitrogen and oxygen atoms in total. The van der Waals surface area contributed by atoms with Crippen LogP contribution in [0.5, 0.6) is 0 Å². The van der Waals surface area contributed by atoms with Crippen LogP contribution in [0.2, 0.25) is 0 Å². The molecule has 0 aliphatic heterocycles. The van der Waals surface area contributed by atoms with Gasteiger partial charge in [-0.2, -0.15) is 0 Å². The molecule has 2 aromatic carbocycles. The molecule has 4 rings (SSSR count). The molecule has 4 aromatic rings. The van der Waals surface area contributed by atoms with E-state index in [1.165, 1.54) is 20.9 Å². The van der Waals surface area contributed by atoms with Gasteiger partial charge in [-0.3, -0.25) is 14.3 Å². The van der Waals surface area contributed by atoms with Crippen LogP contribution < -0.4 is 16.6 Å². The van der Waals surface area contributed by atoms with Crippen molar-refractivity contribution in [3.8, 4) is 11.3 Å². The van der Waals surface area contributed by atoms with Gasteiger partial charge in [0.2, 0.25) is 5.95 Å². The quantitative estimate of drug-likeness (QED) is 0.520. The van der Waals surface area contributed by atoms with E-state index in [1.807, 2.05) is 24.3 Å². The molecule has 0 bridgehead atoms. The first-order chi connectivity index (χ1) is 14.5. The predicted octanol–water partition coefficient (Wildman–Crippen LogP) is 3.29. The predicted molar refractivity (Wildman–Crippen MR) is 122 cm³/mol. The van der Waals surface area contributed by atoms with E-state index in [-0.39, 0.29) is 11.6 Å². The zero-order chi connectivity index (χ0) is 21.1. The number of benzene rings is 2. The minimum atomic E-state index is -0.117. The molecular formula is C24H25N5O. The van der Waals surface area contributed by atoms with E-state index in [2.05, 4.69) is 40.6 Å². The zero-order valence-electron chi connectivity index (χ0n) is 17.2. The molecule has 152 valence electrons. The van der Waals surface area contributed by atoms with Gasteiger partial charge in [0.1, 0.15) is 0 Å². The number of fused-ring (bicyclic) bond motifs is 1. The van der Waals surface area contributed by atoms with Gasteiger partial charge in [0, 0.05) is 43.2 Å². The highest BCUT2D eigenvalue weighted by Gasteiger charge is 2.14. The highest BCUT2D eigenvalue weighted by atomic mass is 16.1. The number of nitrogens with one attached hydrogen (secondary N) is 1. The Morgan fingerprint density at radius 2 is 1.80 bits per heavy atom. The van der Waals surface area contributed by atoms with E-state index in [9.17, 15) is 4.79 Å². The average molecular weight is 399 g/mol. The van der Waals surface area contributed by atoms with Gasteiger partial charge in [0.25, 0.3) is 5.56 Å². The SMILES string of the molecule is Cc1c(-c2ccncc2)nc(NCC(N)Cc2ccc3ccccc3c2)n(C)c1=O. The second kappa shape index (κ2) is 8.47. The molecule has 1 unspecified atom stereocenters. The molecule has 6 heteroatoms. The molecule has 0 radical (unpaired) electrons. The minimum absolute atomic E-state index is 0.0811. The summed E-state index contributed by atoms with van der Waals surface area (Å²) in [6, 6.07) is 18.3. The van der Waals surface area contributed by atoms with E-state index >= 15 is 0 Å². The van der Waals surface area contributed by atoms with Crippen LogP contribution in [0.4, 0.5) is 5.95 Å². The fourth-order valence-electron chi connectivity index (χ4n) is 3.63. The van der Waals surface area contributed by atoms with Crippen LogP contribution in [0.15, 0.2) is 71.8 Å². The van der Waals surface area contributed by atoms with Gasteiger partial charge in [0.15, 0.2) is 0 Å². The van der Waals surface area contributed by atoms with Gasteiger partial charge in [-0.1, -0.05) is 42.5 Å². The van der Waals surface area contributed by atoms with Crippen LogP contribution in [0.3, 0.4) is 0 Å². The van der Waals surface area contributed by atoms with Crippen molar-refractivity contribution in [1.29, 1.82) is 0 Å². The standard InChI is InChI=1S/C24H25N5O/c1-16-22(19-9-11-26-12-10-19)28-24(29(2)23(16)30)27-15-21(25)14-17-7-8-18-5-3-4-6-20(18)13-17/h3-13,21H,14-15,25H2,1-2H3,(H,27,28). The molecule has 0 saturated heterocycles. The number of anilines is 1. The van der Waals surface area contributed by atoms with Crippen molar-refractivity contribution in [3.63, 3.8) is 0 Å². The van der Waals surface area contributed by atoms with Crippen molar-refractivity contribution in [2.45, 2.75) is 19.4 Å². The van der Waals surface area contributed by atoms with Gasteiger partial charge in [-0.25, -0.2) is 4.98 Å². The zero-order valence-corrected chi connectivity index (χ0v) is 17.2. The fraction of sp³-hybridized carbons (Fsp3) is 0.208. The van der Waals surface area contributed by atoms with Gasteiger partial charge in [-0.05, 0) is 41.8 Å². The minimum Gasteiger partial charge on any atom is -0.354 e. The maximum absolute atomic E-state index is 12.7. The van der Waals surface area contributed by atoms with E-state index in [0.717, 1.165) is 12.0 Å². The third-order valence-electron chi connectivity index (χ3n) is 5.30. The van der Waals surface area contributed by atoms with Crippen molar-refractivity contribution in [3.05, 3.63) is 88.5 Å². The van der Waals surface area contributed by atoms with Gasteiger partial charge in [-0.15, -0.1) is 0 Å². The smallest absolute Gasteiger partial charge is 0.258 e. The summed E-state index contributed by atoms with van der Waals surface area (Å²) < 4.78 is 1.53. The van der Waals surface area contributed by atoms with Crippen LogP contribution >= 0.6 is 0 Å². The molecule has 0 spiro atoms. The second-order valence-electron chi connectivity index (χ2n) is 7.54. The highest BCUT2D eigenvalue weighted by molar-refractivity contribution is 5.83. The molecule has 1 atom stereocenters. The lowest BCUT2D eigenvalue weighted by atomic mass is 10.0. The fourth-order valence-corrected chi connectivity index (χ4v) is 3.63. The van der Waals surface area contributed by atoms with Crippen LogP contribution in [0.1, 0.15) is 11.1 Å². The number of pyridine rings is 1. The Bertz CT molecular complexity index is 1230. The lowest BCUT2D eigenvalue weighted by molar-refractivity contribution is 0.687. The third-order valence-corrected chi connectivity index (χ3v) is 5.30. The second-order valence-corrected chi connectivity index (χ2v) is 7.54. The van der Waals surface area contributed by atoms with Crippen molar-refractivity contribution < 1.29 is 0 Å². The summed E-state index contributed by atoms with van der Waals surface area (Å²) in [5, 5.41) is 5.69. The molecule has 0 aliphatic rings. The molecule has 0 fully saturated rings. The summed E-state index contributed by atoms with van der Waals surface area (Å²) in [6.07, 6.45) is 4.12. The summed E-state index contributed by atoms with van der Waals surface area (Å²) >= 11 is 0. The van der Waals surface area contributed by atoms with Gasteiger partial charge < -0.3 is 11.1 Å². The molecule has 2 heterocycles. The van der Waals surface area contributed by atoms with Crippen molar-refractivity contribution in [2.75, 3.05) is 11.9 Å². The van der Waals surface area contributed by atoms with Gasteiger partial charge >= 0.3 is 0 Å². The first-order valence-corrected chi connectivity index (χ1v) is 9.98. The number of nitrogens with zero attached hydrogens (tertiary/aromatic N) is 3. The third kappa shape index (κ3) is 4.09. The number of aromatic nitrogens is 3. The Kier molecular flexibility index (Phi) is 5.59. The number of hydrogen-bond acceptors (Lipinski definition) is 5. The Hall–Kier alpha value is -3.51. The van der Waals surface area contributed by atoms with Crippen molar-refractivity contribution in [2.24, 2.45) is 12.8 Å². The Balaban J connectivity index is 1.51. The summed E-state index contributed by atoms with van der Waals surface area (Å²) in [6.45, 7) is 2.30. The molecule has 3 N–H and O–H groups in total. The highest BCUT2D eigenvalue weighted by Crippen LogP contribution is 2.20. The maximum Gasteiger partial charge on any atom is 0.258 e. The number of nitrogens with two attached hydrogens (primary N) is 1. The lowest BCUT2D eigenvalue weighted by Gasteiger charge is -2.17. The monoisotopic (exact) mass is 399 g/mol. The first kappa shape index (κ1) is 19.8. The number of hydrogen-bond donors (Lipinski definition) is 2. The van der Waals surface area contributed by atoms with Crippen molar-refractivity contribution in [1.82, 2.24) is 14.5 Å². The molecule has 0 aliphatic carbocycles. The first-order valence-electron chi connectivity index (χ1n) is 9.98. The summed E-state index contributed by atoms with van der Waals surface area (Å²) in [4.78, 5) is 21.4. The Morgan fingerprint density at radius 3 is 2.57 bits per heavy atom. The van der Waals surface area contributed by atoms with E-state index in [4.69, 9.17) is 10.7 Å². The lowest BCUT2D eigenvalue weighted by Crippen LogP contribution is -2.34. The average Bonchev–Trinajstić information content (AvgIpc) is 2.77. The largest absolute Gasteiger partial charge is 0.354 e.